The van der Waals surface area contributed by atoms with Gasteiger partial charge in [-0.1, -0.05) is 11.6 Å². The van der Waals surface area contributed by atoms with Gasteiger partial charge < -0.3 is 20.0 Å². The molecule has 30 heavy (non-hydrogen) atoms. The van der Waals surface area contributed by atoms with Crippen molar-refractivity contribution in [3.63, 3.8) is 0 Å². The van der Waals surface area contributed by atoms with Gasteiger partial charge in [-0.2, -0.15) is 5.06 Å². The molecule has 2 aliphatic heterocycles. The smallest absolute Gasteiger partial charge is 0.331 e. The highest BCUT2D eigenvalue weighted by Gasteiger charge is 2.33. The predicted octanol–water partition coefficient (Wildman–Crippen LogP) is 2.38. The zero-order valence-corrected chi connectivity index (χ0v) is 19.1. The summed E-state index contributed by atoms with van der Waals surface area (Å²) in [5.74, 6) is 0.172. The number of carbonyl (C=O) groups is 3. The number of piperidine rings is 1. The molecule has 2 rings (SSSR count). The van der Waals surface area contributed by atoms with Crippen LogP contribution in [-0.4, -0.2) is 84.5 Å². The SMILES string of the molecule is C/C(=C\CC(C)Cl)CCC1CCN(C(=O)ON(C)C(=O)C2CNCCN2C=O)CC1. The van der Waals surface area contributed by atoms with Crippen LogP contribution in [0.25, 0.3) is 0 Å². The van der Waals surface area contributed by atoms with Gasteiger partial charge in [-0.25, -0.2) is 4.79 Å². The van der Waals surface area contributed by atoms with Crippen LogP contribution in [0.4, 0.5) is 4.79 Å². The molecule has 170 valence electrons. The highest BCUT2D eigenvalue weighted by atomic mass is 35.5. The number of nitrogens with one attached hydrogen (secondary N) is 1. The first kappa shape index (κ1) is 24.5. The highest BCUT2D eigenvalue weighted by molar-refractivity contribution is 6.20. The van der Waals surface area contributed by atoms with Crippen molar-refractivity contribution < 1.29 is 19.2 Å². The molecule has 2 atom stereocenters. The van der Waals surface area contributed by atoms with E-state index in [1.807, 2.05) is 6.92 Å². The third kappa shape index (κ3) is 7.47. The van der Waals surface area contributed by atoms with E-state index in [4.69, 9.17) is 16.4 Å². The molecule has 1 N–H and O–H groups in total. The van der Waals surface area contributed by atoms with E-state index in [1.165, 1.54) is 17.5 Å². The van der Waals surface area contributed by atoms with Crippen molar-refractivity contribution in [3.05, 3.63) is 11.6 Å². The molecule has 2 heterocycles. The molecule has 0 aliphatic carbocycles. The molecule has 2 saturated heterocycles. The number of likely N-dealkylation sites (N-methyl/N-ethyl adjacent to an activating group) is 1. The fourth-order valence-corrected chi connectivity index (χ4v) is 3.90. The van der Waals surface area contributed by atoms with Crippen LogP contribution < -0.4 is 5.32 Å². The van der Waals surface area contributed by atoms with E-state index in [-0.39, 0.29) is 5.38 Å². The average Bonchev–Trinajstić information content (AvgIpc) is 2.75. The number of hydrogen-bond donors (Lipinski definition) is 1. The fourth-order valence-electron chi connectivity index (χ4n) is 3.81. The fraction of sp³-hybridized carbons (Fsp3) is 0.762. The Hall–Kier alpha value is -1.80. The summed E-state index contributed by atoms with van der Waals surface area (Å²) in [6.07, 6.45) is 7.27. The minimum Gasteiger partial charge on any atom is -0.331 e. The van der Waals surface area contributed by atoms with Gasteiger partial charge in [0.2, 0.25) is 6.41 Å². The summed E-state index contributed by atoms with van der Waals surface area (Å²) in [6.45, 7) is 6.83. The van der Waals surface area contributed by atoms with Crippen LogP contribution in [0.1, 0.15) is 46.0 Å². The Balaban J connectivity index is 1.73. The Labute approximate surface area is 184 Å². The molecule has 0 aromatic rings. The van der Waals surface area contributed by atoms with Gasteiger partial charge in [0.25, 0.3) is 5.91 Å². The lowest BCUT2D eigenvalue weighted by Gasteiger charge is -2.35. The van der Waals surface area contributed by atoms with Gasteiger partial charge in [-0.15, -0.1) is 11.6 Å². The molecule has 0 aromatic heterocycles. The quantitative estimate of drug-likeness (QED) is 0.283. The van der Waals surface area contributed by atoms with Crippen molar-refractivity contribution in [1.82, 2.24) is 20.2 Å². The molecule has 9 heteroatoms. The zero-order valence-electron chi connectivity index (χ0n) is 18.3. The van der Waals surface area contributed by atoms with Gasteiger partial charge in [0, 0.05) is 45.1 Å². The van der Waals surface area contributed by atoms with Crippen LogP contribution in [0, 0.1) is 5.92 Å². The van der Waals surface area contributed by atoms with Gasteiger partial charge in [0.05, 0.1) is 0 Å². The van der Waals surface area contributed by atoms with Crippen molar-refractivity contribution >= 4 is 30.0 Å². The first-order valence-electron chi connectivity index (χ1n) is 10.8. The van der Waals surface area contributed by atoms with Crippen molar-refractivity contribution in [1.29, 1.82) is 0 Å². The van der Waals surface area contributed by atoms with E-state index in [0.29, 0.717) is 45.1 Å². The van der Waals surface area contributed by atoms with E-state index < -0.39 is 18.0 Å². The van der Waals surface area contributed by atoms with Crippen LogP contribution in [0.15, 0.2) is 11.6 Å². The molecular weight excluding hydrogens is 408 g/mol. The number of hydrogen-bond acceptors (Lipinski definition) is 5. The summed E-state index contributed by atoms with van der Waals surface area (Å²) in [7, 11) is 1.42. The maximum atomic E-state index is 12.6. The average molecular weight is 443 g/mol. The molecule has 2 fully saturated rings. The standard InChI is InChI=1S/C21H35ClN4O4/c1-16(4-6-17(2)22)5-7-18-8-11-25(12-9-18)21(29)30-24(3)20(28)19-14-23-10-13-26(19)15-27/h4,15,17-19,23H,5-14H2,1-3H3/b16-4+. The monoisotopic (exact) mass is 442 g/mol. The van der Waals surface area contributed by atoms with E-state index in [0.717, 1.165) is 37.2 Å². The lowest BCUT2D eigenvalue weighted by Crippen LogP contribution is -2.58. The Morgan fingerprint density at radius 3 is 2.63 bits per heavy atom. The Morgan fingerprint density at radius 2 is 2.00 bits per heavy atom. The normalized spacial score (nSPS) is 21.9. The number of amides is 3. The van der Waals surface area contributed by atoms with Gasteiger partial charge in [0.15, 0.2) is 0 Å². The maximum absolute atomic E-state index is 12.6. The number of hydroxylamine groups is 2. The lowest BCUT2D eigenvalue weighted by atomic mass is 9.90. The number of piperazine rings is 1. The molecule has 0 spiro atoms. The minimum atomic E-state index is -0.655. The van der Waals surface area contributed by atoms with Crippen molar-refractivity contribution in [2.24, 2.45) is 5.92 Å². The number of likely N-dealkylation sites (tertiary alicyclic amines) is 1. The first-order valence-corrected chi connectivity index (χ1v) is 11.2. The number of allylic oxidation sites excluding steroid dienone is 2. The van der Waals surface area contributed by atoms with Crippen LogP contribution in [0.3, 0.4) is 0 Å². The van der Waals surface area contributed by atoms with E-state index in [2.05, 4.69) is 18.3 Å². The second kappa shape index (κ2) is 12.2. The van der Waals surface area contributed by atoms with Crippen LogP contribution >= 0.6 is 11.6 Å². The number of alkyl halides is 1. The molecule has 3 amide bonds. The van der Waals surface area contributed by atoms with Crippen molar-refractivity contribution in [3.8, 4) is 0 Å². The van der Waals surface area contributed by atoms with Crippen molar-refractivity contribution in [2.75, 3.05) is 39.8 Å². The topological polar surface area (TPSA) is 82.2 Å². The van der Waals surface area contributed by atoms with E-state index >= 15 is 0 Å². The number of carbonyl (C=O) groups excluding carboxylic acids is 3. The molecule has 0 radical (unpaired) electrons. The van der Waals surface area contributed by atoms with E-state index in [1.54, 1.807) is 4.90 Å². The number of rotatable bonds is 7. The third-order valence-corrected chi connectivity index (χ3v) is 6.02. The minimum absolute atomic E-state index is 0.162. The molecule has 0 saturated carbocycles. The summed E-state index contributed by atoms with van der Waals surface area (Å²) in [4.78, 5) is 44.5. The number of nitrogens with zero attached hydrogens (tertiary/aromatic N) is 3. The molecular formula is C21H35ClN4O4. The molecule has 0 bridgehead atoms. The summed E-state index contributed by atoms with van der Waals surface area (Å²) in [5, 5.41) is 4.20. The predicted molar refractivity (Wildman–Crippen MR) is 116 cm³/mol. The number of halogens is 1. The molecule has 2 aliphatic rings. The maximum Gasteiger partial charge on any atom is 0.434 e. The van der Waals surface area contributed by atoms with Gasteiger partial charge in [-0.05, 0) is 51.9 Å². The third-order valence-electron chi connectivity index (χ3n) is 5.84. The summed E-state index contributed by atoms with van der Waals surface area (Å²) < 4.78 is 0. The van der Waals surface area contributed by atoms with Gasteiger partial charge in [0.1, 0.15) is 6.04 Å². The lowest BCUT2D eigenvalue weighted by molar-refractivity contribution is -0.170. The van der Waals surface area contributed by atoms with Crippen LogP contribution in [0.5, 0.6) is 0 Å². The Morgan fingerprint density at radius 1 is 1.30 bits per heavy atom. The Bertz CT molecular complexity index is 620. The second-order valence-corrected chi connectivity index (χ2v) is 9.04. The van der Waals surface area contributed by atoms with Crippen LogP contribution in [0.2, 0.25) is 0 Å². The Kier molecular flexibility index (Phi) is 9.91. The zero-order chi connectivity index (χ0) is 22.1. The second-order valence-electron chi connectivity index (χ2n) is 8.29. The van der Waals surface area contributed by atoms with Gasteiger partial charge >= 0.3 is 6.09 Å². The molecule has 8 nitrogen and oxygen atoms in total. The molecule has 2 unspecified atom stereocenters. The van der Waals surface area contributed by atoms with Crippen LogP contribution in [-0.2, 0) is 14.4 Å². The summed E-state index contributed by atoms with van der Waals surface area (Å²) in [5.41, 5.74) is 1.37. The van der Waals surface area contributed by atoms with Gasteiger partial charge in [-0.3, -0.25) is 9.59 Å². The molecule has 0 aromatic carbocycles. The summed E-state index contributed by atoms with van der Waals surface area (Å²) in [6, 6.07) is -0.655. The first-order chi connectivity index (χ1) is 14.3. The largest absolute Gasteiger partial charge is 0.434 e. The van der Waals surface area contributed by atoms with Crippen molar-refractivity contribution in [2.45, 2.75) is 57.4 Å². The van der Waals surface area contributed by atoms with E-state index in [9.17, 15) is 14.4 Å². The highest BCUT2D eigenvalue weighted by Crippen LogP contribution is 2.24. The summed E-state index contributed by atoms with van der Waals surface area (Å²) >= 11 is 5.99.